The third-order valence-corrected chi connectivity index (χ3v) is 5.15. The van der Waals surface area contributed by atoms with Crippen LogP contribution in [0.1, 0.15) is 41.9 Å². The van der Waals surface area contributed by atoms with Crippen LogP contribution in [0.5, 0.6) is 0 Å². The van der Waals surface area contributed by atoms with Crippen LogP contribution in [0, 0.1) is 0 Å². The zero-order chi connectivity index (χ0) is 18.5. The average molecular weight is 370 g/mol. The Morgan fingerprint density at radius 3 is 2.81 bits per heavy atom. The second kappa shape index (κ2) is 8.19. The molecule has 26 heavy (non-hydrogen) atoms. The van der Waals surface area contributed by atoms with Gasteiger partial charge in [0.2, 0.25) is 5.91 Å². The number of carbonyl (C=O) groups excluding carboxylic acids is 2. The van der Waals surface area contributed by atoms with Gasteiger partial charge in [-0.25, -0.2) is 0 Å². The molecule has 0 bridgehead atoms. The molecule has 2 amide bonds. The summed E-state index contributed by atoms with van der Waals surface area (Å²) in [4.78, 5) is 26.0. The van der Waals surface area contributed by atoms with Gasteiger partial charge in [0.05, 0.1) is 6.04 Å². The molecule has 1 unspecified atom stereocenters. The number of thiophene rings is 1. The molecule has 0 spiro atoms. The minimum atomic E-state index is -0.143. The van der Waals surface area contributed by atoms with E-state index >= 15 is 0 Å². The summed E-state index contributed by atoms with van der Waals surface area (Å²) in [6.07, 6.45) is 0.983. The maximum atomic E-state index is 12.4. The number of amides is 2. The van der Waals surface area contributed by atoms with Gasteiger partial charge in [0.15, 0.2) is 0 Å². The Labute approximate surface area is 156 Å². The van der Waals surface area contributed by atoms with Gasteiger partial charge in [0.25, 0.3) is 5.91 Å². The number of carbonyl (C=O) groups is 2. The normalized spacial score (nSPS) is 12.1. The molecule has 0 saturated heterocycles. The molecule has 0 aliphatic heterocycles. The minimum absolute atomic E-state index is 0.0303. The van der Waals surface area contributed by atoms with E-state index in [1.807, 2.05) is 48.0 Å². The molecular formula is C20H22N2O3S. The fourth-order valence-corrected chi connectivity index (χ4v) is 3.36. The lowest BCUT2D eigenvalue weighted by atomic mass is 10.2. The summed E-state index contributed by atoms with van der Waals surface area (Å²) in [6, 6.07) is 11.4. The first-order chi connectivity index (χ1) is 12.6. The van der Waals surface area contributed by atoms with E-state index in [1.165, 1.54) is 11.3 Å². The van der Waals surface area contributed by atoms with Crippen LogP contribution in [-0.2, 0) is 4.79 Å². The predicted molar refractivity (Wildman–Crippen MR) is 103 cm³/mol. The van der Waals surface area contributed by atoms with Crippen molar-refractivity contribution in [2.24, 2.45) is 0 Å². The van der Waals surface area contributed by atoms with E-state index in [2.05, 4.69) is 5.32 Å². The second-order valence-electron chi connectivity index (χ2n) is 6.24. The fourth-order valence-electron chi connectivity index (χ4n) is 2.73. The summed E-state index contributed by atoms with van der Waals surface area (Å²) in [5.41, 5.74) is 1.49. The largest absolute Gasteiger partial charge is 0.459 e. The molecule has 5 nitrogen and oxygen atoms in total. The van der Waals surface area contributed by atoms with Gasteiger partial charge in [0.1, 0.15) is 11.3 Å². The number of hydrogen-bond acceptors (Lipinski definition) is 4. The van der Waals surface area contributed by atoms with Gasteiger partial charge in [-0.2, -0.15) is 11.3 Å². The van der Waals surface area contributed by atoms with E-state index in [1.54, 1.807) is 18.0 Å². The number of rotatable bonds is 7. The number of nitrogens with one attached hydrogen (secondary N) is 1. The SMILES string of the molecule is CC(c1cc2ccccc2o1)N(C)C(=O)CCCNC(=O)c1ccsc1. The van der Waals surface area contributed by atoms with Crippen molar-refractivity contribution in [3.63, 3.8) is 0 Å². The monoisotopic (exact) mass is 370 g/mol. The average Bonchev–Trinajstić information content (AvgIpc) is 3.33. The molecule has 0 saturated carbocycles. The van der Waals surface area contributed by atoms with Crippen LogP contribution in [0.15, 0.2) is 51.6 Å². The van der Waals surface area contributed by atoms with Gasteiger partial charge in [-0.05, 0) is 36.9 Å². The first-order valence-corrected chi connectivity index (χ1v) is 9.55. The summed E-state index contributed by atoms with van der Waals surface area (Å²) in [6.45, 7) is 2.43. The molecule has 1 N–H and O–H groups in total. The Balaban J connectivity index is 1.48. The van der Waals surface area contributed by atoms with Gasteiger partial charge >= 0.3 is 0 Å². The first-order valence-electron chi connectivity index (χ1n) is 8.61. The van der Waals surface area contributed by atoms with Crippen molar-refractivity contribution in [3.8, 4) is 0 Å². The maximum Gasteiger partial charge on any atom is 0.252 e. The van der Waals surface area contributed by atoms with Crippen LogP contribution in [0.4, 0.5) is 0 Å². The van der Waals surface area contributed by atoms with Crippen molar-refractivity contribution in [1.82, 2.24) is 10.2 Å². The highest BCUT2D eigenvalue weighted by Gasteiger charge is 2.20. The lowest BCUT2D eigenvalue weighted by molar-refractivity contribution is -0.132. The number of benzene rings is 1. The molecule has 0 fully saturated rings. The molecule has 6 heteroatoms. The number of nitrogens with zero attached hydrogens (tertiary/aromatic N) is 1. The van der Waals surface area contributed by atoms with Crippen molar-refractivity contribution in [2.45, 2.75) is 25.8 Å². The van der Waals surface area contributed by atoms with Gasteiger partial charge in [-0.3, -0.25) is 9.59 Å². The van der Waals surface area contributed by atoms with Crippen LogP contribution >= 0.6 is 11.3 Å². The Morgan fingerprint density at radius 2 is 2.08 bits per heavy atom. The van der Waals surface area contributed by atoms with Crippen LogP contribution < -0.4 is 5.32 Å². The summed E-state index contributed by atoms with van der Waals surface area (Å²) in [7, 11) is 1.78. The third-order valence-electron chi connectivity index (χ3n) is 4.47. The molecule has 0 aliphatic carbocycles. The lowest BCUT2D eigenvalue weighted by Crippen LogP contribution is -2.30. The zero-order valence-corrected chi connectivity index (χ0v) is 15.7. The highest BCUT2D eigenvalue weighted by atomic mass is 32.1. The summed E-state index contributed by atoms with van der Waals surface area (Å²) < 4.78 is 5.85. The van der Waals surface area contributed by atoms with Gasteiger partial charge in [0, 0.05) is 36.3 Å². The smallest absolute Gasteiger partial charge is 0.252 e. The van der Waals surface area contributed by atoms with Crippen molar-refractivity contribution < 1.29 is 14.0 Å². The molecule has 2 heterocycles. The predicted octanol–water partition coefficient (Wildman–Crippen LogP) is 4.22. The molecule has 0 radical (unpaired) electrons. The molecule has 3 rings (SSSR count). The Bertz CT molecular complexity index is 852. The van der Waals surface area contributed by atoms with Crippen molar-refractivity contribution >= 4 is 34.1 Å². The summed E-state index contributed by atoms with van der Waals surface area (Å²) in [5, 5.41) is 7.55. The van der Waals surface area contributed by atoms with Crippen LogP contribution in [0.25, 0.3) is 11.0 Å². The van der Waals surface area contributed by atoms with E-state index in [0.29, 0.717) is 24.9 Å². The number of hydrogen-bond donors (Lipinski definition) is 1. The number of fused-ring (bicyclic) bond motifs is 1. The van der Waals surface area contributed by atoms with Crippen molar-refractivity contribution in [3.05, 3.63) is 58.5 Å². The number of furan rings is 1. The molecule has 1 aromatic carbocycles. The minimum Gasteiger partial charge on any atom is -0.459 e. The molecule has 136 valence electrons. The molecule has 2 aromatic heterocycles. The zero-order valence-electron chi connectivity index (χ0n) is 14.9. The van der Waals surface area contributed by atoms with Crippen LogP contribution in [0.3, 0.4) is 0 Å². The summed E-state index contributed by atoms with van der Waals surface area (Å²) >= 11 is 1.49. The quantitative estimate of drug-likeness (QED) is 0.633. The van der Waals surface area contributed by atoms with Crippen LogP contribution in [0.2, 0.25) is 0 Å². The molecule has 1 atom stereocenters. The second-order valence-corrected chi connectivity index (χ2v) is 7.02. The van der Waals surface area contributed by atoms with Crippen molar-refractivity contribution in [1.29, 1.82) is 0 Å². The third kappa shape index (κ3) is 4.14. The van der Waals surface area contributed by atoms with E-state index in [-0.39, 0.29) is 17.9 Å². The topological polar surface area (TPSA) is 62.6 Å². The van der Waals surface area contributed by atoms with Crippen LogP contribution in [-0.4, -0.2) is 30.3 Å². The number of para-hydroxylation sites is 1. The van der Waals surface area contributed by atoms with Gasteiger partial charge < -0.3 is 14.6 Å². The summed E-state index contributed by atoms with van der Waals surface area (Å²) in [5.74, 6) is 0.707. The van der Waals surface area contributed by atoms with E-state index < -0.39 is 0 Å². The standard InChI is InChI=1S/C20H22N2O3S/c1-14(18-12-15-6-3-4-7-17(15)25-18)22(2)19(23)8-5-10-21-20(24)16-9-11-26-13-16/h3-4,6-7,9,11-14H,5,8,10H2,1-2H3,(H,21,24). The molecule has 3 aromatic rings. The van der Waals surface area contributed by atoms with Crippen molar-refractivity contribution in [2.75, 3.05) is 13.6 Å². The van der Waals surface area contributed by atoms with Gasteiger partial charge in [-0.1, -0.05) is 18.2 Å². The van der Waals surface area contributed by atoms with E-state index in [0.717, 1.165) is 16.7 Å². The maximum absolute atomic E-state index is 12.4. The van der Waals surface area contributed by atoms with E-state index in [9.17, 15) is 9.59 Å². The lowest BCUT2D eigenvalue weighted by Gasteiger charge is -2.23. The first kappa shape index (κ1) is 18.2. The molecule has 0 aliphatic rings. The highest BCUT2D eigenvalue weighted by molar-refractivity contribution is 7.08. The van der Waals surface area contributed by atoms with E-state index in [4.69, 9.17) is 4.42 Å². The highest BCUT2D eigenvalue weighted by Crippen LogP contribution is 2.27. The molecular weight excluding hydrogens is 348 g/mol. The Morgan fingerprint density at radius 1 is 1.27 bits per heavy atom. The Hall–Kier alpha value is -2.60. The van der Waals surface area contributed by atoms with Gasteiger partial charge in [-0.15, -0.1) is 0 Å². The Kier molecular flexibility index (Phi) is 5.73. The fraction of sp³-hybridized carbons (Fsp3) is 0.300.